The fourth-order valence-corrected chi connectivity index (χ4v) is 3.65. The summed E-state index contributed by atoms with van der Waals surface area (Å²) in [5, 5.41) is 7.59. The highest BCUT2D eigenvalue weighted by atomic mass is 16.2. The van der Waals surface area contributed by atoms with E-state index in [1.54, 1.807) is 23.1 Å². The molecule has 0 unspecified atom stereocenters. The van der Waals surface area contributed by atoms with E-state index in [0.29, 0.717) is 23.2 Å². The van der Waals surface area contributed by atoms with Crippen molar-refractivity contribution in [2.24, 2.45) is 5.92 Å². The Labute approximate surface area is 151 Å². The number of carbonyl (C=O) groups excluding carboxylic acids is 1. The van der Waals surface area contributed by atoms with Gasteiger partial charge in [-0.15, -0.1) is 0 Å². The summed E-state index contributed by atoms with van der Waals surface area (Å²) >= 11 is 0. The molecule has 1 amide bonds. The molecule has 6 nitrogen and oxygen atoms in total. The van der Waals surface area contributed by atoms with E-state index >= 15 is 0 Å². The van der Waals surface area contributed by atoms with Gasteiger partial charge in [0.2, 0.25) is 0 Å². The van der Waals surface area contributed by atoms with E-state index in [1.807, 2.05) is 37.4 Å². The predicted molar refractivity (Wildman–Crippen MR) is 103 cm³/mol. The van der Waals surface area contributed by atoms with Crippen LogP contribution in [0.2, 0.25) is 0 Å². The van der Waals surface area contributed by atoms with E-state index in [2.05, 4.69) is 22.0 Å². The van der Waals surface area contributed by atoms with Crippen LogP contribution in [-0.4, -0.2) is 36.2 Å². The second kappa shape index (κ2) is 6.29. The number of nitrogens with one attached hydrogen (secondary N) is 1. The van der Waals surface area contributed by atoms with Gasteiger partial charge in [-0.05, 0) is 24.1 Å². The Bertz CT molecular complexity index is 1040. The topological polar surface area (TPSA) is 69.3 Å². The van der Waals surface area contributed by atoms with E-state index < -0.39 is 0 Å². The largest absolute Gasteiger partial charge is 0.373 e. The molecule has 26 heavy (non-hydrogen) atoms. The molecule has 0 saturated heterocycles. The lowest BCUT2D eigenvalue weighted by Gasteiger charge is -2.24. The Balaban J connectivity index is 1.87. The van der Waals surface area contributed by atoms with Crippen LogP contribution in [0.3, 0.4) is 0 Å². The van der Waals surface area contributed by atoms with Crippen molar-refractivity contribution >= 4 is 28.1 Å². The van der Waals surface area contributed by atoms with Gasteiger partial charge >= 0.3 is 0 Å². The fourth-order valence-electron chi connectivity index (χ4n) is 3.65. The molecule has 2 heterocycles. The van der Waals surface area contributed by atoms with Crippen molar-refractivity contribution in [1.82, 2.24) is 10.2 Å². The highest BCUT2D eigenvalue weighted by Gasteiger charge is 2.29. The van der Waals surface area contributed by atoms with Crippen LogP contribution in [0.15, 0.2) is 53.3 Å². The molecule has 0 fully saturated rings. The monoisotopic (exact) mass is 348 g/mol. The number of amides is 1. The van der Waals surface area contributed by atoms with Crippen LogP contribution < -0.4 is 15.4 Å². The van der Waals surface area contributed by atoms with Crippen molar-refractivity contribution in [2.45, 2.75) is 6.92 Å². The first-order valence-corrected chi connectivity index (χ1v) is 8.65. The van der Waals surface area contributed by atoms with Gasteiger partial charge in [0.15, 0.2) is 5.69 Å². The smallest absolute Gasteiger partial charge is 0.279 e. The predicted octanol–water partition coefficient (Wildman–Crippen LogP) is 2.66. The zero-order valence-corrected chi connectivity index (χ0v) is 14.8. The summed E-state index contributed by atoms with van der Waals surface area (Å²) < 4.78 is 0. The molecule has 3 aromatic rings. The number of rotatable bonds is 1. The molecule has 0 bridgehead atoms. The van der Waals surface area contributed by atoms with Gasteiger partial charge in [0.1, 0.15) is 0 Å². The summed E-state index contributed by atoms with van der Waals surface area (Å²) in [5.41, 5.74) is 1.86. The summed E-state index contributed by atoms with van der Waals surface area (Å²) in [4.78, 5) is 29.4. The third kappa shape index (κ3) is 2.63. The number of aromatic amines is 1. The molecule has 1 atom stereocenters. The van der Waals surface area contributed by atoms with Gasteiger partial charge in [0.25, 0.3) is 11.5 Å². The molecule has 6 heteroatoms. The lowest BCUT2D eigenvalue weighted by molar-refractivity contribution is 0.0980. The summed E-state index contributed by atoms with van der Waals surface area (Å²) in [7, 11) is 2.04. The second-order valence-corrected chi connectivity index (χ2v) is 6.84. The third-order valence-electron chi connectivity index (χ3n) is 4.81. The molecule has 132 valence electrons. The van der Waals surface area contributed by atoms with Gasteiger partial charge < -0.3 is 9.80 Å². The van der Waals surface area contributed by atoms with Crippen molar-refractivity contribution in [3.05, 3.63) is 64.6 Å². The van der Waals surface area contributed by atoms with Gasteiger partial charge in [-0.25, -0.2) is 5.10 Å². The highest BCUT2D eigenvalue weighted by Crippen LogP contribution is 2.33. The minimum atomic E-state index is -0.290. The summed E-state index contributed by atoms with van der Waals surface area (Å²) in [6.45, 7) is 3.58. The van der Waals surface area contributed by atoms with Crippen LogP contribution in [-0.2, 0) is 0 Å². The van der Waals surface area contributed by atoms with Crippen LogP contribution >= 0.6 is 0 Å². The summed E-state index contributed by atoms with van der Waals surface area (Å²) in [6.07, 6.45) is 0. The van der Waals surface area contributed by atoms with E-state index in [-0.39, 0.29) is 17.2 Å². The Morgan fingerprint density at radius 1 is 1.04 bits per heavy atom. The molecule has 0 spiro atoms. The van der Waals surface area contributed by atoms with Crippen molar-refractivity contribution in [3.8, 4) is 0 Å². The first-order chi connectivity index (χ1) is 12.6. The number of hydrogen-bond acceptors (Lipinski definition) is 4. The number of fused-ring (bicyclic) bond motifs is 2. The zero-order valence-electron chi connectivity index (χ0n) is 14.8. The SMILES string of the molecule is C[C@@H]1CN(C)c2ccccc2N(C(=O)c2n[nH]c(=O)c3ccccc23)C1. The second-order valence-electron chi connectivity index (χ2n) is 6.84. The minimum absolute atomic E-state index is 0.202. The Hall–Kier alpha value is -3.15. The maximum absolute atomic E-state index is 13.4. The molecule has 0 saturated carbocycles. The maximum atomic E-state index is 13.4. The lowest BCUT2D eigenvalue weighted by atomic mass is 10.1. The molecule has 0 radical (unpaired) electrons. The number of anilines is 2. The van der Waals surface area contributed by atoms with E-state index in [9.17, 15) is 9.59 Å². The van der Waals surface area contributed by atoms with Crippen molar-refractivity contribution in [2.75, 3.05) is 29.9 Å². The number of H-pyrrole nitrogens is 1. The van der Waals surface area contributed by atoms with E-state index in [0.717, 1.165) is 17.9 Å². The first kappa shape index (κ1) is 16.3. The van der Waals surface area contributed by atoms with Gasteiger partial charge in [0.05, 0.1) is 16.8 Å². The van der Waals surface area contributed by atoms with Crippen LogP contribution in [0, 0.1) is 5.92 Å². The average Bonchev–Trinajstić information content (AvgIpc) is 2.78. The Kier molecular flexibility index (Phi) is 3.95. The Morgan fingerprint density at radius 2 is 1.69 bits per heavy atom. The quantitative estimate of drug-likeness (QED) is 0.734. The number of aromatic nitrogens is 2. The van der Waals surface area contributed by atoms with Crippen molar-refractivity contribution in [3.63, 3.8) is 0 Å². The molecular weight excluding hydrogens is 328 g/mol. The van der Waals surface area contributed by atoms with Gasteiger partial charge in [0, 0.05) is 25.5 Å². The Morgan fingerprint density at radius 3 is 2.46 bits per heavy atom. The lowest BCUT2D eigenvalue weighted by Crippen LogP contribution is -2.36. The average molecular weight is 348 g/mol. The molecule has 2 aromatic carbocycles. The maximum Gasteiger partial charge on any atom is 0.279 e. The van der Waals surface area contributed by atoms with Crippen LogP contribution in [0.25, 0.3) is 10.8 Å². The van der Waals surface area contributed by atoms with Gasteiger partial charge in [-0.3, -0.25) is 9.59 Å². The highest BCUT2D eigenvalue weighted by molar-refractivity contribution is 6.13. The molecule has 1 aliphatic rings. The molecule has 1 aliphatic heterocycles. The fraction of sp³-hybridized carbons (Fsp3) is 0.250. The zero-order chi connectivity index (χ0) is 18.3. The molecular formula is C20H20N4O2. The number of carbonyl (C=O) groups is 1. The standard InChI is InChI=1S/C20H20N4O2/c1-13-11-23(2)16-9-5-6-10-17(16)24(12-13)20(26)18-14-7-3-4-8-15(14)19(25)22-21-18/h3-10,13H,11-12H2,1-2H3,(H,22,25)/t13-/m1/s1. The van der Waals surface area contributed by atoms with E-state index in [1.165, 1.54) is 0 Å². The minimum Gasteiger partial charge on any atom is -0.373 e. The number of nitrogens with zero attached hydrogens (tertiary/aromatic N) is 3. The molecule has 0 aliphatic carbocycles. The third-order valence-corrected chi connectivity index (χ3v) is 4.81. The van der Waals surface area contributed by atoms with E-state index in [4.69, 9.17) is 0 Å². The van der Waals surface area contributed by atoms with Crippen molar-refractivity contribution < 1.29 is 4.79 Å². The molecule has 4 rings (SSSR count). The van der Waals surface area contributed by atoms with Gasteiger partial charge in [-0.1, -0.05) is 37.3 Å². The summed E-state index contributed by atoms with van der Waals surface area (Å²) in [6, 6.07) is 14.9. The molecule has 1 aromatic heterocycles. The van der Waals surface area contributed by atoms with Crippen LogP contribution in [0.1, 0.15) is 17.4 Å². The number of benzene rings is 2. The van der Waals surface area contributed by atoms with Crippen LogP contribution in [0.4, 0.5) is 11.4 Å². The number of hydrogen-bond donors (Lipinski definition) is 1. The van der Waals surface area contributed by atoms with Crippen molar-refractivity contribution in [1.29, 1.82) is 0 Å². The van der Waals surface area contributed by atoms with Crippen LogP contribution in [0.5, 0.6) is 0 Å². The molecule has 1 N–H and O–H groups in total. The first-order valence-electron chi connectivity index (χ1n) is 8.65. The summed E-state index contributed by atoms with van der Waals surface area (Å²) in [5.74, 6) is 0.0948. The normalized spacial score (nSPS) is 17.1. The van der Waals surface area contributed by atoms with Gasteiger partial charge in [-0.2, -0.15) is 5.10 Å². The number of para-hydroxylation sites is 2.